The maximum atomic E-state index is 12.4. The highest BCUT2D eigenvalue weighted by Crippen LogP contribution is 2.31. The number of halogens is 1. The van der Waals surface area contributed by atoms with Gasteiger partial charge in [0.2, 0.25) is 0 Å². The summed E-state index contributed by atoms with van der Waals surface area (Å²) in [5.74, 6) is -1.30. The van der Waals surface area contributed by atoms with E-state index in [1.165, 1.54) is 17.0 Å². The number of carboxylic acid groups (broad SMARTS) is 1. The lowest BCUT2D eigenvalue weighted by molar-refractivity contribution is -0.384. The molecule has 112 valence electrons. The van der Waals surface area contributed by atoms with Crippen LogP contribution < -0.4 is 0 Å². The number of amides is 1. The number of nitro groups is 1. The molecule has 1 fully saturated rings. The van der Waals surface area contributed by atoms with Crippen molar-refractivity contribution < 1.29 is 19.6 Å². The third kappa shape index (κ3) is 4.01. The minimum atomic E-state index is -1.11. The van der Waals surface area contributed by atoms with Gasteiger partial charge in [-0.15, -0.1) is 0 Å². The van der Waals surface area contributed by atoms with Gasteiger partial charge in [0.05, 0.1) is 10.5 Å². The van der Waals surface area contributed by atoms with E-state index in [1.807, 2.05) is 0 Å². The zero-order valence-corrected chi connectivity index (χ0v) is 12.6. The molecule has 1 aromatic rings. The fourth-order valence-electron chi connectivity index (χ4n) is 1.96. The van der Waals surface area contributed by atoms with Crippen LogP contribution >= 0.6 is 15.9 Å². The van der Waals surface area contributed by atoms with Crippen LogP contribution in [0.15, 0.2) is 22.7 Å². The summed E-state index contributed by atoms with van der Waals surface area (Å²) >= 11 is 3.18. The number of nitrogens with zero attached hydrogens (tertiary/aromatic N) is 2. The van der Waals surface area contributed by atoms with Crippen molar-refractivity contribution >= 4 is 33.5 Å². The highest BCUT2D eigenvalue weighted by atomic mass is 79.9. The molecule has 1 saturated carbocycles. The Hall–Kier alpha value is -1.96. The minimum absolute atomic E-state index is 0.103. The smallest absolute Gasteiger partial charge is 0.323 e. The highest BCUT2D eigenvalue weighted by molar-refractivity contribution is 9.10. The predicted octanol–water partition coefficient (Wildman–Crippen LogP) is 2.29. The number of benzene rings is 1. The van der Waals surface area contributed by atoms with Crippen LogP contribution in [0.25, 0.3) is 0 Å². The number of aliphatic carboxylic acids is 1. The Bertz CT molecular complexity index is 600. The minimum Gasteiger partial charge on any atom is -0.480 e. The van der Waals surface area contributed by atoms with Gasteiger partial charge < -0.3 is 10.0 Å². The second-order valence-corrected chi connectivity index (χ2v) is 5.80. The molecule has 0 atom stereocenters. The molecule has 1 N–H and O–H groups in total. The van der Waals surface area contributed by atoms with Gasteiger partial charge in [0, 0.05) is 23.2 Å². The fraction of sp³-hybridized carbons (Fsp3) is 0.385. The van der Waals surface area contributed by atoms with Crippen molar-refractivity contribution in [3.63, 3.8) is 0 Å². The first-order valence-electron chi connectivity index (χ1n) is 6.33. The van der Waals surface area contributed by atoms with Gasteiger partial charge in [-0.25, -0.2) is 0 Å². The number of rotatable bonds is 6. The van der Waals surface area contributed by atoms with Gasteiger partial charge in [0.25, 0.3) is 11.6 Å². The van der Waals surface area contributed by atoms with Crippen molar-refractivity contribution in [1.82, 2.24) is 4.90 Å². The molecule has 0 heterocycles. The van der Waals surface area contributed by atoms with E-state index < -0.39 is 23.3 Å². The average molecular weight is 357 g/mol. The second kappa shape index (κ2) is 6.21. The SMILES string of the molecule is O=C(O)CN(CC1CC1)C(=O)c1cc([N+](=O)[O-])ccc1Br. The molecular weight excluding hydrogens is 344 g/mol. The van der Waals surface area contributed by atoms with Crippen LogP contribution in [0.5, 0.6) is 0 Å². The average Bonchev–Trinajstić information content (AvgIpc) is 3.21. The quantitative estimate of drug-likeness (QED) is 0.622. The number of carbonyl (C=O) groups is 2. The van der Waals surface area contributed by atoms with Crippen LogP contribution in [0.1, 0.15) is 23.2 Å². The van der Waals surface area contributed by atoms with Crippen LogP contribution in [0.2, 0.25) is 0 Å². The number of hydrogen-bond acceptors (Lipinski definition) is 4. The van der Waals surface area contributed by atoms with Gasteiger partial charge in [-0.1, -0.05) is 0 Å². The molecule has 0 unspecified atom stereocenters. The largest absolute Gasteiger partial charge is 0.480 e. The van der Waals surface area contributed by atoms with Gasteiger partial charge in [0.1, 0.15) is 6.54 Å². The standard InChI is InChI=1S/C13H13BrN2O5/c14-11-4-3-9(16(20)21)5-10(11)13(19)15(7-12(17)18)6-8-1-2-8/h3-5,8H,1-2,6-7H2,(H,17,18). The van der Waals surface area contributed by atoms with Crippen molar-refractivity contribution in [2.45, 2.75) is 12.8 Å². The second-order valence-electron chi connectivity index (χ2n) is 4.94. The molecular formula is C13H13BrN2O5. The molecule has 0 spiro atoms. The van der Waals surface area contributed by atoms with E-state index in [4.69, 9.17) is 5.11 Å². The summed E-state index contributed by atoms with van der Waals surface area (Å²) in [6.45, 7) is -0.0509. The maximum Gasteiger partial charge on any atom is 0.323 e. The lowest BCUT2D eigenvalue weighted by atomic mass is 10.1. The maximum absolute atomic E-state index is 12.4. The molecule has 1 aromatic carbocycles. The number of non-ortho nitro benzene ring substituents is 1. The summed E-state index contributed by atoms with van der Waals surface area (Å²) in [5.41, 5.74) is -0.102. The zero-order chi connectivity index (χ0) is 15.6. The zero-order valence-electron chi connectivity index (χ0n) is 11.0. The number of carbonyl (C=O) groups excluding carboxylic acids is 1. The Balaban J connectivity index is 2.27. The predicted molar refractivity (Wildman–Crippen MR) is 77.1 cm³/mol. The Morgan fingerprint density at radius 1 is 1.43 bits per heavy atom. The number of nitro benzene ring substituents is 1. The van der Waals surface area contributed by atoms with Crippen molar-refractivity contribution in [1.29, 1.82) is 0 Å². The molecule has 1 aliphatic rings. The summed E-state index contributed by atoms with van der Waals surface area (Å²) in [6, 6.07) is 3.86. The van der Waals surface area contributed by atoms with Crippen molar-refractivity contribution in [2.24, 2.45) is 5.92 Å². The normalized spacial score (nSPS) is 13.8. The van der Waals surface area contributed by atoms with E-state index in [-0.39, 0.29) is 11.3 Å². The molecule has 7 nitrogen and oxygen atoms in total. The fourth-order valence-corrected chi connectivity index (χ4v) is 2.37. The van der Waals surface area contributed by atoms with E-state index >= 15 is 0 Å². The van der Waals surface area contributed by atoms with E-state index in [0.29, 0.717) is 16.9 Å². The Kier molecular flexibility index (Phi) is 4.56. The van der Waals surface area contributed by atoms with E-state index in [1.54, 1.807) is 0 Å². The summed E-state index contributed by atoms with van der Waals surface area (Å²) in [5, 5.41) is 19.7. The van der Waals surface area contributed by atoms with E-state index in [9.17, 15) is 19.7 Å². The molecule has 0 aliphatic heterocycles. The monoisotopic (exact) mass is 356 g/mol. The molecule has 2 rings (SSSR count). The Labute approximate surface area is 128 Å². The van der Waals surface area contributed by atoms with Crippen LogP contribution in [-0.2, 0) is 4.79 Å². The Morgan fingerprint density at radius 2 is 2.10 bits per heavy atom. The van der Waals surface area contributed by atoms with E-state index in [2.05, 4.69) is 15.9 Å². The topological polar surface area (TPSA) is 101 Å². The molecule has 0 aromatic heterocycles. The molecule has 0 bridgehead atoms. The van der Waals surface area contributed by atoms with Gasteiger partial charge in [-0.2, -0.15) is 0 Å². The first-order chi connectivity index (χ1) is 9.88. The van der Waals surface area contributed by atoms with E-state index in [0.717, 1.165) is 18.9 Å². The van der Waals surface area contributed by atoms with Crippen molar-refractivity contribution in [3.8, 4) is 0 Å². The molecule has 1 aliphatic carbocycles. The molecule has 0 radical (unpaired) electrons. The molecule has 1 amide bonds. The summed E-state index contributed by atoms with van der Waals surface area (Å²) in [6.07, 6.45) is 1.94. The van der Waals surface area contributed by atoms with Crippen LogP contribution in [-0.4, -0.2) is 39.9 Å². The summed E-state index contributed by atoms with van der Waals surface area (Å²) in [4.78, 5) is 34.8. The molecule has 21 heavy (non-hydrogen) atoms. The molecule has 8 heteroatoms. The van der Waals surface area contributed by atoms with Gasteiger partial charge >= 0.3 is 5.97 Å². The summed E-state index contributed by atoms with van der Waals surface area (Å²) < 4.78 is 0.407. The van der Waals surface area contributed by atoms with Crippen molar-refractivity contribution in [3.05, 3.63) is 38.3 Å². The Morgan fingerprint density at radius 3 is 2.62 bits per heavy atom. The van der Waals surface area contributed by atoms with Gasteiger partial charge in [0.15, 0.2) is 0 Å². The molecule has 0 saturated heterocycles. The number of carboxylic acids is 1. The van der Waals surface area contributed by atoms with Gasteiger partial charge in [-0.05, 0) is 40.8 Å². The van der Waals surface area contributed by atoms with Crippen LogP contribution in [0.4, 0.5) is 5.69 Å². The highest BCUT2D eigenvalue weighted by Gasteiger charge is 2.29. The first-order valence-corrected chi connectivity index (χ1v) is 7.12. The lowest BCUT2D eigenvalue weighted by Gasteiger charge is -2.21. The number of hydrogen-bond donors (Lipinski definition) is 1. The van der Waals surface area contributed by atoms with Gasteiger partial charge in [-0.3, -0.25) is 19.7 Å². The summed E-state index contributed by atoms with van der Waals surface area (Å²) in [7, 11) is 0. The van der Waals surface area contributed by atoms with Crippen molar-refractivity contribution in [2.75, 3.05) is 13.1 Å². The first kappa shape index (κ1) is 15.4. The van der Waals surface area contributed by atoms with Crippen LogP contribution in [0, 0.1) is 16.0 Å². The lowest BCUT2D eigenvalue weighted by Crippen LogP contribution is -2.37. The third-order valence-corrected chi connectivity index (χ3v) is 3.87. The van der Waals surface area contributed by atoms with Crippen LogP contribution in [0.3, 0.4) is 0 Å². The third-order valence-electron chi connectivity index (χ3n) is 3.18.